The summed E-state index contributed by atoms with van der Waals surface area (Å²) < 4.78 is 14.6. The SMILES string of the molecule is CCn1c(-c2cc3cccc4c3n2C(C)C(=O)N4)nc2cc(C(=O)OC)cc(OC)c21. The summed E-state index contributed by atoms with van der Waals surface area (Å²) in [4.78, 5) is 29.6. The first-order valence-electron chi connectivity index (χ1n) is 10.1. The molecule has 8 nitrogen and oxygen atoms in total. The first-order valence-corrected chi connectivity index (χ1v) is 10.1. The topological polar surface area (TPSA) is 87.4 Å². The molecule has 3 heterocycles. The molecule has 1 unspecified atom stereocenters. The summed E-state index contributed by atoms with van der Waals surface area (Å²) in [7, 11) is 2.91. The number of carbonyl (C=O) groups is 2. The van der Waals surface area contributed by atoms with Gasteiger partial charge in [-0.1, -0.05) is 12.1 Å². The maximum Gasteiger partial charge on any atom is 0.338 e. The first-order chi connectivity index (χ1) is 15.0. The van der Waals surface area contributed by atoms with Crippen LogP contribution in [0, 0.1) is 0 Å². The highest BCUT2D eigenvalue weighted by Gasteiger charge is 2.30. The Morgan fingerprint density at radius 2 is 2.00 bits per heavy atom. The third kappa shape index (κ3) is 2.64. The van der Waals surface area contributed by atoms with Crippen LogP contribution in [0.15, 0.2) is 36.4 Å². The normalized spacial score (nSPS) is 15.4. The molecule has 2 aromatic carbocycles. The van der Waals surface area contributed by atoms with Gasteiger partial charge in [-0.2, -0.15) is 0 Å². The van der Waals surface area contributed by atoms with Crippen molar-refractivity contribution in [1.82, 2.24) is 14.1 Å². The second-order valence-corrected chi connectivity index (χ2v) is 7.53. The number of carbonyl (C=O) groups excluding carboxylic acids is 2. The molecule has 1 N–H and O–H groups in total. The van der Waals surface area contributed by atoms with E-state index >= 15 is 0 Å². The van der Waals surface area contributed by atoms with Crippen molar-refractivity contribution in [1.29, 1.82) is 0 Å². The molecule has 5 rings (SSSR count). The smallest absolute Gasteiger partial charge is 0.338 e. The zero-order valence-electron chi connectivity index (χ0n) is 17.7. The van der Waals surface area contributed by atoms with Gasteiger partial charge in [0.05, 0.1) is 42.2 Å². The van der Waals surface area contributed by atoms with Gasteiger partial charge in [0.25, 0.3) is 0 Å². The van der Waals surface area contributed by atoms with E-state index in [9.17, 15) is 9.59 Å². The van der Waals surface area contributed by atoms with E-state index < -0.39 is 5.97 Å². The number of aryl methyl sites for hydroxylation is 1. The molecule has 0 aliphatic carbocycles. The van der Waals surface area contributed by atoms with Crippen LogP contribution in [0.1, 0.15) is 30.2 Å². The number of imidazole rings is 1. The number of nitrogens with zero attached hydrogens (tertiary/aromatic N) is 3. The Kier molecular flexibility index (Phi) is 4.25. The van der Waals surface area contributed by atoms with Gasteiger partial charge in [0.1, 0.15) is 17.3 Å². The van der Waals surface area contributed by atoms with Crippen LogP contribution >= 0.6 is 0 Å². The second kappa shape index (κ2) is 6.87. The molecule has 1 atom stereocenters. The fourth-order valence-electron chi connectivity index (χ4n) is 4.44. The van der Waals surface area contributed by atoms with E-state index in [4.69, 9.17) is 14.5 Å². The third-order valence-electron chi connectivity index (χ3n) is 5.88. The molecule has 1 aliphatic heterocycles. The number of rotatable bonds is 4. The number of fused-ring (bicyclic) bond motifs is 1. The number of amides is 1. The van der Waals surface area contributed by atoms with Gasteiger partial charge in [0.2, 0.25) is 5.91 Å². The number of aromatic nitrogens is 3. The average Bonchev–Trinajstić information content (AvgIpc) is 3.35. The van der Waals surface area contributed by atoms with E-state index in [2.05, 4.69) is 11.4 Å². The van der Waals surface area contributed by atoms with E-state index in [0.29, 0.717) is 29.2 Å². The Morgan fingerprint density at radius 3 is 2.71 bits per heavy atom. The number of methoxy groups -OCH3 is 2. The lowest BCUT2D eigenvalue weighted by Crippen LogP contribution is -2.28. The summed E-state index contributed by atoms with van der Waals surface area (Å²) in [5.41, 5.74) is 4.39. The van der Waals surface area contributed by atoms with Gasteiger partial charge >= 0.3 is 5.97 Å². The van der Waals surface area contributed by atoms with Crippen molar-refractivity contribution in [3.8, 4) is 17.3 Å². The molecule has 158 valence electrons. The molecule has 8 heteroatoms. The van der Waals surface area contributed by atoms with Gasteiger partial charge in [-0.25, -0.2) is 9.78 Å². The highest BCUT2D eigenvalue weighted by Crippen LogP contribution is 2.40. The maximum absolute atomic E-state index is 12.6. The second-order valence-electron chi connectivity index (χ2n) is 7.53. The quantitative estimate of drug-likeness (QED) is 0.507. The fourth-order valence-corrected chi connectivity index (χ4v) is 4.44. The van der Waals surface area contributed by atoms with Crippen molar-refractivity contribution in [2.45, 2.75) is 26.4 Å². The molecule has 0 spiro atoms. The molecular formula is C23H22N4O4. The van der Waals surface area contributed by atoms with Gasteiger partial charge in [-0.3, -0.25) is 4.79 Å². The van der Waals surface area contributed by atoms with Gasteiger partial charge < -0.3 is 23.9 Å². The van der Waals surface area contributed by atoms with Gasteiger partial charge in [-0.15, -0.1) is 0 Å². The predicted molar refractivity (Wildman–Crippen MR) is 118 cm³/mol. The highest BCUT2D eigenvalue weighted by molar-refractivity contribution is 6.08. The Labute approximate surface area is 178 Å². The maximum atomic E-state index is 12.6. The number of hydrogen-bond donors (Lipinski definition) is 1. The summed E-state index contributed by atoms with van der Waals surface area (Å²) in [6.07, 6.45) is 0. The lowest BCUT2D eigenvalue weighted by Gasteiger charge is -2.24. The molecule has 0 fully saturated rings. The Hall–Kier alpha value is -3.81. The van der Waals surface area contributed by atoms with E-state index in [-0.39, 0.29) is 11.9 Å². The van der Waals surface area contributed by atoms with E-state index in [1.807, 2.05) is 41.2 Å². The van der Waals surface area contributed by atoms with Crippen molar-refractivity contribution >= 4 is 39.5 Å². The number of benzene rings is 2. The molecule has 0 saturated heterocycles. The largest absolute Gasteiger partial charge is 0.494 e. The molecule has 0 saturated carbocycles. The molecule has 0 radical (unpaired) electrons. The summed E-state index contributed by atoms with van der Waals surface area (Å²) in [6, 6.07) is 10.9. The van der Waals surface area contributed by atoms with Crippen molar-refractivity contribution in [3.05, 3.63) is 42.0 Å². The van der Waals surface area contributed by atoms with Crippen LogP contribution in [0.4, 0.5) is 5.69 Å². The summed E-state index contributed by atoms with van der Waals surface area (Å²) in [5.74, 6) is 0.731. The monoisotopic (exact) mass is 418 g/mol. The molecule has 1 aliphatic rings. The van der Waals surface area contributed by atoms with Crippen molar-refractivity contribution < 1.29 is 19.1 Å². The van der Waals surface area contributed by atoms with Crippen LogP contribution in [0.3, 0.4) is 0 Å². The molecule has 4 aromatic rings. The van der Waals surface area contributed by atoms with E-state index in [1.54, 1.807) is 19.2 Å². The molecule has 1 amide bonds. The zero-order valence-corrected chi connectivity index (χ0v) is 17.7. The lowest BCUT2D eigenvalue weighted by atomic mass is 10.1. The number of para-hydroxylation sites is 1. The van der Waals surface area contributed by atoms with Crippen LogP contribution in [0.5, 0.6) is 5.75 Å². The first kappa shape index (κ1) is 19.2. The van der Waals surface area contributed by atoms with Crippen LogP contribution in [0.2, 0.25) is 0 Å². The summed E-state index contributed by atoms with van der Waals surface area (Å²) in [6.45, 7) is 4.54. The third-order valence-corrected chi connectivity index (χ3v) is 5.88. The van der Waals surface area contributed by atoms with E-state index in [0.717, 1.165) is 27.8 Å². The van der Waals surface area contributed by atoms with Crippen LogP contribution in [0.25, 0.3) is 33.5 Å². The number of anilines is 1. The van der Waals surface area contributed by atoms with Crippen LogP contribution < -0.4 is 10.1 Å². The van der Waals surface area contributed by atoms with Gasteiger partial charge in [0.15, 0.2) is 5.82 Å². The predicted octanol–water partition coefficient (Wildman–Crippen LogP) is 3.99. The van der Waals surface area contributed by atoms with Crippen molar-refractivity contribution in [2.24, 2.45) is 0 Å². The minimum atomic E-state index is -0.453. The van der Waals surface area contributed by atoms with Crippen molar-refractivity contribution in [3.63, 3.8) is 0 Å². The summed E-state index contributed by atoms with van der Waals surface area (Å²) >= 11 is 0. The minimum absolute atomic E-state index is 0.0674. The number of hydrogen-bond acceptors (Lipinski definition) is 5. The average molecular weight is 418 g/mol. The van der Waals surface area contributed by atoms with Gasteiger partial charge in [0, 0.05) is 11.9 Å². The molecular weight excluding hydrogens is 396 g/mol. The Balaban J connectivity index is 1.85. The Morgan fingerprint density at radius 1 is 1.19 bits per heavy atom. The number of esters is 1. The van der Waals surface area contributed by atoms with Crippen LogP contribution in [-0.2, 0) is 16.1 Å². The highest BCUT2D eigenvalue weighted by atomic mass is 16.5. The van der Waals surface area contributed by atoms with Gasteiger partial charge in [-0.05, 0) is 38.1 Å². The van der Waals surface area contributed by atoms with Crippen molar-refractivity contribution in [2.75, 3.05) is 19.5 Å². The standard InChI is InChI=1S/C23H22N4O4/c1-5-26-20-16(9-14(23(29)31-4)11-18(20)30-3)24-21(26)17-10-13-7-6-8-15-19(13)27(17)12(2)22(28)25-15/h6-12H,5H2,1-4H3,(H,25,28). The minimum Gasteiger partial charge on any atom is -0.494 e. The lowest BCUT2D eigenvalue weighted by molar-refractivity contribution is -0.118. The molecule has 2 aromatic heterocycles. The fraction of sp³-hybridized carbons (Fsp3) is 0.261. The number of ether oxygens (including phenoxy) is 2. The number of nitrogens with one attached hydrogen (secondary N) is 1. The molecule has 0 bridgehead atoms. The summed E-state index contributed by atoms with van der Waals surface area (Å²) in [5, 5.41) is 4.00. The zero-order chi connectivity index (χ0) is 21.9. The Bertz CT molecular complexity index is 1380. The molecule has 31 heavy (non-hydrogen) atoms. The van der Waals surface area contributed by atoms with E-state index in [1.165, 1.54) is 7.11 Å². The van der Waals surface area contributed by atoms with Crippen LogP contribution in [-0.4, -0.2) is 40.2 Å².